The average molecular weight is 296 g/mol. The van der Waals surface area contributed by atoms with E-state index in [1.807, 2.05) is 17.8 Å². The highest BCUT2D eigenvalue weighted by molar-refractivity contribution is 7.99. The number of nitrogens with zero attached hydrogens (tertiary/aromatic N) is 1. The molecule has 112 valence electrons. The van der Waals surface area contributed by atoms with Crippen LogP contribution >= 0.6 is 11.8 Å². The number of thioether (sulfide) groups is 1. The quantitative estimate of drug-likeness (QED) is 0.558. The van der Waals surface area contributed by atoms with Crippen molar-refractivity contribution in [1.29, 1.82) is 0 Å². The summed E-state index contributed by atoms with van der Waals surface area (Å²) in [6, 6.07) is 5.31. The van der Waals surface area contributed by atoms with E-state index in [9.17, 15) is 10.1 Å². The van der Waals surface area contributed by atoms with Crippen molar-refractivity contribution in [3.05, 3.63) is 33.9 Å². The molecule has 0 aliphatic carbocycles. The molecule has 1 aromatic carbocycles. The van der Waals surface area contributed by atoms with Crippen molar-refractivity contribution in [1.82, 2.24) is 0 Å². The summed E-state index contributed by atoms with van der Waals surface area (Å²) in [7, 11) is 0. The molecule has 0 amide bonds. The van der Waals surface area contributed by atoms with Gasteiger partial charge in [0.25, 0.3) is 5.69 Å². The second-order valence-electron chi connectivity index (χ2n) is 5.26. The molecule has 4 nitrogen and oxygen atoms in total. The average Bonchev–Trinajstić information content (AvgIpc) is 2.42. The van der Waals surface area contributed by atoms with E-state index in [0.717, 1.165) is 24.3 Å². The standard InChI is InChI=1S/C15H24N2O2S/c1-5-9-16-15-13(10-20-12(4)11(2)3)7-6-8-14(15)17(18)19/h6-8,11-12,16H,5,9-10H2,1-4H3. The molecule has 1 N–H and O–H groups in total. The van der Waals surface area contributed by atoms with Gasteiger partial charge in [-0.1, -0.05) is 39.8 Å². The highest BCUT2D eigenvalue weighted by Crippen LogP contribution is 2.33. The summed E-state index contributed by atoms with van der Waals surface area (Å²) in [6.45, 7) is 9.40. The van der Waals surface area contributed by atoms with Crippen LogP contribution in [0, 0.1) is 16.0 Å². The molecular weight excluding hydrogens is 272 g/mol. The maximum Gasteiger partial charge on any atom is 0.292 e. The number of benzene rings is 1. The van der Waals surface area contributed by atoms with Gasteiger partial charge in [-0.2, -0.15) is 11.8 Å². The van der Waals surface area contributed by atoms with Crippen LogP contribution in [0.5, 0.6) is 0 Å². The Kier molecular flexibility index (Phi) is 6.85. The van der Waals surface area contributed by atoms with E-state index in [2.05, 4.69) is 33.0 Å². The Labute approximate surface area is 125 Å². The minimum Gasteiger partial charge on any atom is -0.379 e. The predicted molar refractivity (Wildman–Crippen MR) is 87.5 cm³/mol. The Bertz CT molecular complexity index is 449. The molecule has 1 unspecified atom stereocenters. The number of anilines is 1. The van der Waals surface area contributed by atoms with Crippen molar-refractivity contribution in [2.45, 2.75) is 45.1 Å². The Balaban J connectivity index is 2.93. The van der Waals surface area contributed by atoms with E-state index in [-0.39, 0.29) is 10.6 Å². The van der Waals surface area contributed by atoms with Gasteiger partial charge in [0.05, 0.1) is 4.92 Å². The Hall–Kier alpha value is -1.23. The van der Waals surface area contributed by atoms with Crippen molar-refractivity contribution >= 4 is 23.1 Å². The van der Waals surface area contributed by atoms with Gasteiger partial charge in [-0.25, -0.2) is 0 Å². The molecule has 0 aromatic heterocycles. The van der Waals surface area contributed by atoms with Crippen LogP contribution in [-0.4, -0.2) is 16.7 Å². The number of hydrogen-bond acceptors (Lipinski definition) is 4. The molecule has 1 atom stereocenters. The number of nitrogens with one attached hydrogen (secondary N) is 1. The summed E-state index contributed by atoms with van der Waals surface area (Å²) >= 11 is 1.84. The molecule has 5 heteroatoms. The molecule has 0 fully saturated rings. The monoisotopic (exact) mass is 296 g/mol. The summed E-state index contributed by atoms with van der Waals surface area (Å²) in [5, 5.41) is 14.9. The summed E-state index contributed by atoms with van der Waals surface area (Å²) < 4.78 is 0. The maximum absolute atomic E-state index is 11.1. The van der Waals surface area contributed by atoms with Crippen molar-refractivity contribution in [2.24, 2.45) is 5.92 Å². The minimum atomic E-state index is -0.308. The summed E-state index contributed by atoms with van der Waals surface area (Å²) in [5.74, 6) is 1.40. The summed E-state index contributed by atoms with van der Waals surface area (Å²) in [4.78, 5) is 10.8. The summed E-state index contributed by atoms with van der Waals surface area (Å²) in [5.41, 5.74) is 1.88. The van der Waals surface area contributed by atoms with E-state index in [1.54, 1.807) is 12.1 Å². The first-order chi connectivity index (χ1) is 9.47. The number of rotatable bonds is 8. The molecule has 1 rings (SSSR count). The summed E-state index contributed by atoms with van der Waals surface area (Å²) in [6.07, 6.45) is 0.945. The number of hydrogen-bond donors (Lipinski definition) is 1. The van der Waals surface area contributed by atoms with Gasteiger partial charge >= 0.3 is 0 Å². The lowest BCUT2D eigenvalue weighted by Gasteiger charge is -2.17. The lowest BCUT2D eigenvalue weighted by atomic mass is 10.1. The highest BCUT2D eigenvalue weighted by Gasteiger charge is 2.18. The van der Waals surface area contributed by atoms with Crippen molar-refractivity contribution in [3.8, 4) is 0 Å². The molecular formula is C15H24N2O2S. The molecule has 0 heterocycles. The van der Waals surface area contributed by atoms with Crippen molar-refractivity contribution in [3.63, 3.8) is 0 Å². The van der Waals surface area contributed by atoms with Gasteiger partial charge < -0.3 is 5.32 Å². The van der Waals surface area contributed by atoms with Gasteiger partial charge in [0.1, 0.15) is 5.69 Å². The third kappa shape index (κ3) is 4.71. The van der Waals surface area contributed by atoms with Crippen LogP contribution in [0.3, 0.4) is 0 Å². The van der Waals surface area contributed by atoms with E-state index in [0.29, 0.717) is 16.9 Å². The molecule has 0 spiro atoms. The maximum atomic E-state index is 11.1. The Morgan fingerprint density at radius 3 is 2.60 bits per heavy atom. The Morgan fingerprint density at radius 2 is 2.05 bits per heavy atom. The predicted octanol–water partition coefficient (Wildman–Crippen LogP) is 4.69. The van der Waals surface area contributed by atoms with Crippen molar-refractivity contribution in [2.75, 3.05) is 11.9 Å². The molecule has 0 saturated carbocycles. The topological polar surface area (TPSA) is 55.2 Å². The van der Waals surface area contributed by atoms with Crippen LogP contribution in [0.25, 0.3) is 0 Å². The zero-order valence-electron chi connectivity index (χ0n) is 12.7. The fourth-order valence-electron chi connectivity index (χ4n) is 1.73. The van der Waals surface area contributed by atoms with E-state index >= 15 is 0 Å². The van der Waals surface area contributed by atoms with Gasteiger partial charge in [-0.05, 0) is 17.9 Å². The molecule has 1 aromatic rings. The third-order valence-electron chi connectivity index (χ3n) is 3.32. The number of para-hydroxylation sites is 1. The van der Waals surface area contributed by atoms with Crippen LogP contribution in [-0.2, 0) is 5.75 Å². The normalized spacial score (nSPS) is 12.4. The molecule has 0 radical (unpaired) electrons. The molecule has 0 aliphatic heterocycles. The lowest BCUT2D eigenvalue weighted by Crippen LogP contribution is -2.08. The zero-order valence-corrected chi connectivity index (χ0v) is 13.5. The highest BCUT2D eigenvalue weighted by atomic mass is 32.2. The SMILES string of the molecule is CCCNc1c(CSC(C)C(C)C)cccc1[N+](=O)[O-]. The number of nitro groups is 1. The fourth-order valence-corrected chi connectivity index (χ4v) is 2.79. The van der Waals surface area contributed by atoms with Gasteiger partial charge in [0.2, 0.25) is 0 Å². The first-order valence-corrected chi connectivity index (χ1v) is 8.14. The van der Waals surface area contributed by atoms with E-state index in [4.69, 9.17) is 0 Å². The van der Waals surface area contributed by atoms with Gasteiger partial charge in [-0.15, -0.1) is 0 Å². The molecule has 0 saturated heterocycles. The van der Waals surface area contributed by atoms with Crippen molar-refractivity contribution < 1.29 is 4.92 Å². The van der Waals surface area contributed by atoms with Crippen LogP contribution in [0.1, 0.15) is 39.7 Å². The second-order valence-corrected chi connectivity index (χ2v) is 6.62. The van der Waals surface area contributed by atoms with Crippen LogP contribution in [0.15, 0.2) is 18.2 Å². The molecule has 20 heavy (non-hydrogen) atoms. The fraction of sp³-hybridized carbons (Fsp3) is 0.600. The van der Waals surface area contributed by atoms with E-state index < -0.39 is 0 Å². The lowest BCUT2D eigenvalue weighted by molar-refractivity contribution is -0.384. The number of nitro benzene ring substituents is 1. The largest absolute Gasteiger partial charge is 0.379 e. The van der Waals surface area contributed by atoms with E-state index in [1.165, 1.54) is 0 Å². The smallest absolute Gasteiger partial charge is 0.292 e. The van der Waals surface area contributed by atoms with Crippen LogP contribution < -0.4 is 5.32 Å². The third-order valence-corrected chi connectivity index (χ3v) is 4.87. The second kappa shape index (κ2) is 8.15. The molecule has 0 bridgehead atoms. The molecule has 0 aliphatic rings. The van der Waals surface area contributed by atoms with Gasteiger partial charge in [0, 0.05) is 23.6 Å². The van der Waals surface area contributed by atoms with Gasteiger partial charge in [-0.3, -0.25) is 10.1 Å². The zero-order chi connectivity index (χ0) is 15.1. The Morgan fingerprint density at radius 1 is 1.35 bits per heavy atom. The van der Waals surface area contributed by atoms with Gasteiger partial charge in [0.15, 0.2) is 0 Å². The first-order valence-electron chi connectivity index (χ1n) is 7.09. The minimum absolute atomic E-state index is 0.175. The van der Waals surface area contributed by atoms with Crippen LogP contribution in [0.4, 0.5) is 11.4 Å². The van der Waals surface area contributed by atoms with Crippen LogP contribution in [0.2, 0.25) is 0 Å². The first kappa shape index (κ1) is 16.8.